The molecule has 0 fully saturated rings. The first-order valence-electron chi connectivity index (χ1n) is 13.8. The zero-order valence-corrected chi connectivity index (χ0v) is 25.3. The van der Waals surface area contributed by atoms with Gasteiger partial charge in [-0.3, -0.25) is 14.4 Å². The van der Waals surface area contributed by atoms with Crippen LogP contribution in [-0.4, -0.2) is 39.2 Å². The van der Waals surface area contributed by atoms with E-state index in [2.05, 4.69) is 4.99 Å². The van der Waals surface area contributed by atoms with Crippen LogP contribution in [0.5, 0.6) is 5.75 Å². The van der Waals surface area contributed by atoms with Gasteiger partial charge in [-0.15, -0.1) is 0 Å². The minimum atomic E-state index is -5.35. The number of halogens is 3. The molecule has 0 amide bonds. The number of carbonyl (C=O) groups excluding carboxylic acids is 2. The number of phenolic OH excluding ortho intramolecular Hbond substituents is 1. The van der Waals surface area contributed by atoms with Gasteiger partial charge in [0.1, 0.15) is 5.75 Å². The summed E-state index contributed by atoms with van der Waals surface area (Å²) in [5.41, 5.74) is 1.54. The molecule has 4 rings (SSSR count). The lowest BCUT2D eigenvalue weighted by Gasteiger charge is -2.28. The van der Waals surface area contributed by atoms with Gasteiger partial charge in [0.25, 0.3) is 0 Å². The Morgan fingerprint density at radius 2 is 1.37 bits per heavy atom. The number of aromatic hydroxyl groups is 1. The lowest BCUT2D eigenvalue weighted by molar-refractivity contribution is -0.206. The molecule has 0 aliphatic heterocycles. The number of aromatic nitrogens is 2. The van der Waals surface area contributed by atoms with Crippen LogP contribution in [0.15, 0.2) is 71.7 Å². The summed E-state index contributed by atoms with van der Waals surface area (Å²) in [6.07, 6.45) is -7.41. The van der Waals surface area contributed by atoms with E-state index in [1.807, 2.05) is 71.9 Å². The maximum absolute atomic E-state index is 14.4. The number of phenols is 1. The van der Waals surface area contributed by atoms with Crippen molar-refractivity contribution in [1.29, 1.82) is 0 Å². The van der Waals surface area contributed by atoms with Crippen LogP contribution in [0.25, 0.3) is 11.0 Å². The molecule has 0 aliphatic rings. The standard InChI is InChI=1S/C33H36F3N3O4/c1-31(2,3)22-17-21(18-23(27(22)41)32(4,5)6)26(40)28(43-29(42)33(34,35)36)39-25-16-12-11-15-24(25)38(30(39)37-7)19-20-13-9-8-10-14-20/h8-18,28,41H,19H2,1-7H3. The third-order valence-corrected chi connectivity index (χ3v) is 7.19. The molecule has 0 aliphatic carbocycles. The predicted octanol–water partition coefficient (Wildman–Crippen LogP) is 6.81. The van der Waals surface area contributed by atoms with Crippen LogP contribution in [0.1, 0.15) is 74.8 Å². The van der Waals surface area contributed by atoms with E-state index in [1.165, 1.54) is 23.7 Å². The number of fused-ring (bicyclic) bond motifs is 1. The van der Waals surface area contributed by atoms with Crippen molar-refractivity contribution in [2.45, 2.75) is 71.3 Å². The highest BCUT2D eigenvalue weighted by Gasteiger charge is 2.45. The highest BCUT2D eigenvalue weighted by atomic mass is 19.4. The largest absolute Gasteiger partial charge is 0.507 e. The van der Waals surface area contributed by atoms with E-state index in [4.69, 9.17) is 4.74 Å². The van der Waals surface area contributed by atoms with Crippen molar-refractivity contribution < 1.29 is 32.6 Å². The zero-order valence-electron chi connectivity index (χ0n) is 25.3. The maximum Gasteiger partial charge on any atom is 0.491 e. The van der Waals surface area contributed by atoms with Crippen LogP contribution in [-0.2, 0) is 26.9 Å². The monoisotopic (exact) mass is 595 g/mol. The van der Waals surface area contributed by atoms with Crippen LogP contribution in [0.2, 0.25) is 0 Å². The van der Waals surface area contributed by atoms with Gasteiger partial charge in [0.15, 0.2) is 0 Å². The van der Waals surface area contributed by atoms with Crippen LogP contribution >= 0.6 is 0 Å². The SMILES string of the molecule is CN=c1n(Cc2ccccc2)c2ccccc2n1C(OC(=O)C(F)(F)F)C(=O)c1cc(C(C)(C)C)c(O)c(C(C)(C)C)c1. The quantitative estimate of drug-likeness (QED) is 0.196. The Balaban J connectivity index is 2.03. The lowest BCUT2D eigenvalue weighted by atomic mass is 9.78. The molecule has 228 valence electrons. The highest BCUT2D eigenvalue weighted by molar-refractivity contribution is 6.01. The minimum Gasteiger partial charge on any atom is -0.507 e. The Hall–Kier alpha value is -4.34. The van der Waals surface area contributed by atoms with Crippen molar-refractivity contribution in [2.24, 2.45) is 4.99 Å². The van der Waals surface area contributed by atoms with E-state index in [1.54, 1.807) is 28.8 Å². The van der Waals surface area contributed by atoms with Gasteiger partial charge in [0.2, 0.25) is 17.6 Å². The van der Waals surface area contributed by atoms with Crippen LogP contribution in [0, 0.1) is 0 Å². The first-order chi connectivity index (χ1) is 19.9. The van der Waals surface area contributed by atoms with Crippen molar-refractivity contribution in [2.75, 3.05) is 7.05 Å². The summed E-state index contributed by atoms with van der Waals surface area (Å²) in [7, 11) is 1.45. The summed E-state index contributed by atoms with van der Waals surface area (Å²) in [5.74, 6) is -3.41. The molecule has 1 N–H and O–H groups in total. The average molecular weight is 596 g/mol. The molecule has 0 radical (unpaired) electrons. The second-order valence-electron chi connectivity index (χ2n) is 12.5. The van der Waals surface area contributed by atoms with Gasteiger partial charge >= 0.3 is 12.1 Å². The summed E-state index contributed by atoms with van der Waals surface area (Å²) in [6.45, 7) is 11.4. The van der Waals surface area contributed by atoms with Crippen LogP contribution in [0.3, 0.4) is 0 Å². The Bertz CT molecular complexity index is 1700. The first-order valence-corrected chi connectivity index (χ1v) is 13.8. The van der Waals surface area contributed by atoms with E-state index in [9.17, 15) is 27.9 Å². The molecule has 1 aromatic heterocycles. The molecule has 1 heterocycles. The number of benzene rings is 3. The van der Waals surface area contributed by atoms with Gasteiger partial charge in [-0.1, -0.05) is 84.0 Å². The van der Waals surface area contributed by atoms with Gasteiger partial charge in [0.05, 0.1) is 17.6 Å². The lowest BCUT2D eigenvalue weighted by Crippen LogP contribution is -2.38. The number of esters is 1. The fourth-order valence-corrected chi connectivity index (χ4v) is 5.08. The zero-order chi connectivity index (χ0) is 31.9. The second kappa shape index (κ2) is 11.4. The number of ketones is 1. The van der Waals surface area contributed by atoms with E-state index in [0.29, 0.717) is 22.2 Å². The number of alkyl halides is 3. The molecule has 7 nitrogen and oxygen atoms in total. The number of imidazole rings is 1. The molecule has 4 aromatic rings. The first kappa shape index (κ1) is 31.6. The topological polar surface area (TPSA) is 85.8 Å². The fraction of sp³-hybridized carbons (Fsp3) is 0.364. The highest BCUT2D eigenvalue weighted by Crippen LogP contribution is 2.40. The number of hydrogen-bond donors (Lipinski definition) is 1. The van der Waals surface area contributed by atoms with Crippen molar-refractivity contribution in [3.63, 3.8) is 0 Å². The predicted molar refractivity (Wildman–Crippen MR) is 158 cm³/mol. The third-order valence-electron chi connectivity index (χ3n) is 7.19. The molecule has 0 saturated heterocycles. The number of rotatable bonds is 6. The Morgan fingerprint density at radius 1 is 0.860 bits per heavy atom. The molecule has 0 spiro atoms. The van der Waals surface area contributed by atoms with Crippen molar-refractivity contribution >= 4 is 22.8 Å². The number of Topliss-reactive ketones (excluding diaryl/α,β-unsaturated/α-hetero) is 1. The second-order valence-corrected chi connectivity index (χ2v) is 12.5. The number of nitrogens with zero attached hydrogens (tertiary/aromatic N) is 3. The van der Waals surface area contributed by atoms with E-state index in [0.717, 1.165) is 5.56 Å². The molecule has 0 bridgehead atoms. The summed E-state index contributed by atoms with van der Waals surface area (Å²) < 4.78 is 48.9. The van der Waals surface area contributed by atoms with E-state index < -0.39 is 35.0 Å². The fourth-order valence-electron chi connectivity index (χ4n) is 5.08. The summed E-state index contributed by atoms with van der Waals surface area (Å²) in [5, 5.41) is 11.2. The molecule has 43 heavy (non-hydrogen) atoms. The maximum atomic E-state index is 14.4. The van der Waals surface area contributed by atoms with Gasteiger partial charge < -0.3 is 14.4 Å². The number of ether oxygens (including phenoxy) is 1. The van der Waals surface area contributed by atoms with Crippen LogP contribution < -0.4 is 5.62 Å². The summed E-state index contributed by atoms with van der Waals surface area (Å²) in [4.78, 5) is 31.1. The number of carbonyl (C=O) groups is 2. The number of para-hydroxylation sites is 2. The van der Waals surface area contributed by atoms with Gasteiger partial charge in [-0.2, -0.15) is 13.2 Å². The third kappa shape index (κ3) is 6.38. The molecular weight excluding hydrogens is 559 g/mol. The Kier molecular flexibility index (Phi) is 8.37. The van der Waals surface area contributed by atoms with E-state index in [-0.39, 0.29) is 23.5 Å². The summed E-state index contributed by atoms with van der Waals surface area (Å²) >= 11 is 0. The smallest absolute Gasteiger partial charge is 0.491 e. The molecule has 1 atom stereocenters. The molecule has 3 aromatic carbocycles. The van der Waals surface area contributed by atoms with Crippen molar-refractivity contribution in [3.8, 4) is 5.75 Å². The Labute approximate surface area is 248 Å². The van der Waals surface area contributed by atoms with Crippen molar-refractivity contribution in [3.05, 3.63) is 94.6 Å². The summed E-state index contributed by atoms with van der Waals surface area (Å²) in [6, 6.07) is 19.1. The van der Waals surface area contributed by atoms with Gasteiger partial charge in [0, 0.05) is 23.7 Å². The molecule has 1 unspecified atom stereocenters. The minimum absolute atomic E-state index is 0.00301. The molecule has 0 saturated carbocycles. The van der Waals surface area contributed by atoms with Gasteiger partial charge in [-0.05, 0) is 40.7 Å². The molecule has 10 heteroatoms. The number of hydrogen-bond acceptors (Lipinski definition) is 5. The van der Waals surface area contributed by atoms with Crippen LogP contribution in [0.4, 0.5) is 13.2 Å². The Morgan fingerprint density at radius 3 is 1.86 bits per heavy atom. The normalized spacial score (nSPS) is 13.8. The van der Waals surface area contributed by atoms with Gasteiger partial charge in [-0.25, -0.2) is 4.79 Å². The van der Waals surface area contributed by atoms with E-state index >= 15 is 0 Å². The molecular formula is C33H36F3N3O4. The van der Waals surface area contributed by atoms with Crippen molar-refractivity contribution in [1.82, 2.24) is 9.13 Å². The average Bonchev–Trinajstić information content (AvgIpc) is 3.23.